The molecule has 0 saturated carbocycles. The van der Waals surface area contributed by atoms with Crippen LogP contribution in [0.25, 0.3) is 0 Å². The Labute approximate surface area is 119 Å². The molecule has 1 atom stereocenters. The highest BCUT2D eigenvalue weighted by molar-refractivity contribution is 6.01. The minimum Gasteiger partial charge on any atom is -0.293 e. The van der Waals surface area contributed by atoms with Crippen LogP contribution in [0.5, 0.6) is 0 Å². The Morgan fingerprint density at radius 1 is 1.05 bits per heavy atom. The van der Waals surface area contributed by atoms with E-state index < -0.39 is 5.82 Å². The standard InChI is InChI=1S/C18H19FO/c1-2-3-11-15(14-9-5-4-6-10-14)18(20)16-12-7-8-13-17(16)19/h4-10,12-13,15H,2-3,11H2,1H3. The van der Waals surface area contributed by atoms with Gasteiger partial charge in [-0.05, 0) is 24.1 Å². The first-order valence-electron chi connectivity index (χ1n) is 7.07. The molecule has 0 saturated heterocycles. The SMILES string of the molecule is CCCCC(C(=O)c1ccccc1F)c1ccccc1. The summed E-state index contributed by atoms with van der Waals surface area (Å²) in [5, 5.41) is 0. The number of rotatable bonds is 6. The molecule has 1 unspecified atom stereocenters. The fraction of sp³-hybridized carbons (Fsp3) is 0.278. The summed E-state index contributed by atoms with van der Waals surface area (Å²) in [5.74, 6) is -0.814. The zero-order valence-corrected chi connectivity index (χ0v) is 11.7. The van der Waals surface area contributed by atoms with Gasteiger partial charge in [0, 0.05) is 5.92 Å². The van der Waals surface area contributed by atoms with Crippen molar-refractivity contribution in [1.29, 1.82) is 0 Å². The minimum absolute atomic E-state index is 0.122. The highest BCUT2D eigenvalue weighted by Crippen LogP contribution is 2.27. The second kappa shape index (κ2) is 6.99. The molecule has 0 spiro atoms. The monoisotopic (exact) mass is 270 g/mol. The number of halogens is 1. The van der Waals surface area contributed by atoms with E-state index in [9.17, 15) is 9.18 Å². The second-order valence-electron chi connectivity index (χ2n) is 4.95. The molecule has 0 aliphatic carbocycles. The largest absolute Gasteiger partial charge is 0.293 e. The van der Waals surface area contributed by atoms with Crippen LogP contribution in [-0.4, -0.2) is 5.78 Å². The molecule has 2 heteroatoms. The second-order valence-corrected chi connectivity index (χ2v) is 4.95. The maximum Gasteiger partial charge on any atom is 0.173 e. The Hall–Kier alpha value is -1.96. The molecule has 0 aliphatic rings. The van der Waals surface area contributed by atoms with E-state index in [1.165, 1.54) is 6.07 Å². The molecule has 0 N–H and O–H groups in total. The molecule has 20 heavy (non-hydrogen) atoms. The third-order valence-corrected chi connectivity index (χ3v) is 3.50. The van der Waals surface area contributed by atoms with Crippen molar-refractivity contribution < 1.29 is 9.18 Å². The summed E-state index contributed by atoms with van der Waals surface area (Å²) in [7, 11) is 0. The van der Waals surface area contributed by atoms with Gasteiger partial charge in [0.15, 0.2) is 5.78 Å². The van der Waals surface area contributed by atoms with Gasteiger partial charge >= 0.3 is 0 Å². The number of benzene rings is 2. The molecule has 0 bridgehead atoms. The Bertz CT molecular complexity index is 563. The molecule has 0 aliphatic heterocycles. The Balaban J connectivity index is 2.32. The first-order valence-corrected chi connectivity index (χ1v) is 7.07. The van der Waals surface area contributed by atoms with Gasteiger partial charge in [0.2, 0.25) is 0 Å². The van der Waals surface area contributed by atoms with E-state index >= 15 is 0 Å². The van der Waals surface area contributed by atoms with Crippen LogP contribution in [0.1, 0.15) is 48.0 Å². The van der Waals surface area contributed by atoms with E-state index in [0.717, 1.165) is 24.8 Å². The van der Waals surface area contributed by atoms with Gasteiger partial charge in [-0.25, -0.2) is 4.39 Å². The summed E-state index contributed by atoms with van der Waals surface area (Å²) >= 11 is 0. The van der Waals surface area contributed by atoms with Gasteiger partial charge in [-0.15, -0.1) is 0 Å². The number of hydrogen-bond donors (Lipinski definition) is 0. The van der Waals surface area contributed by atoms with E-state index in [1.807, 2.05) is 30.3 Å². The van der Waals surface area contributed by atoms with Gasteiger partial charge < -0.3 is 0 Å². The lowest BCUT2D eigenvalue weighted by atomic mass is 9.86. The Morgan fingerprint density at radius 2 is 1.70 bits per heavy atom. The molecule has 2 rings (SSSR count). The summed E-state index contributed by atoms with van der Waals surface area (Å²) in [6.07, 6.45) is 2.74. The van der Waals surface area contributed by atoms with Crippen molar-refractivity contribution in [3.05, 3.63) is 71.5 Å². The number of hydrogen-bond acceptors (Lipinski definition) is 1. The van der Waals surface area contributed by atoms with Gasteiger partial charge in [-0.1, -0.05) is 62.2 Å². The van der Waals surface area contributed by atoms with E-state index in [4.69, 9.17) is 0 Å². The first kappa shape index (κ1) is 14.4. The smallest absolute Gasteiger partial charge is 0.173 e. The van der Waals surface area contributed by atoms with Gasteiger partial charge in [-0.3, -0.25) is 4.79 Å². The lowest BCUT2D eigenvalue weighted by Crippen LogP contribution is -2.14. The van der Waals surface area contributed by atoms with E-state index in [1.54, 1.807) is 18.2 Å². The van der Waals surface area contributed by atoms with Crippen LogP contribution in [0.15, 0.2) is 54.6 Å². The van der Waals surface area contributed by atoms with Crippen molar-refractivity contribution in [2.24, 2.45) is 0 Å². The predicted molar refractivity (Wildman–Crippen MR) is 79.4 cm³/mol. The summed E-state index contributed by atoms with van der Waals surface area (Å²) in [5.41, 5.74) is 1.16. The Morgan fingerprint density at radius 3 is 2.35 bits per heavy atom. The molecular weight excluding hydrogens is 251 g/mol. The van der Waals surface area contributed by atoms with Crippen LogP contribution < -0.4 is 0 Å². The van der Waals surface area contributed by atoms with Crippen molar-refractivity contribution in [3.63, 3.8) is 0 Å². The topological polar surface area (TPSA) is 17.1 Å². The summed E-state index contributed by atoms with van der Waals surface area (Å²) in [6, 6.07) is 15.9. The van der Waals surface area contributed by atoms with Crippen molar-refractivity contribution in [2.75, 3.05) is 0 Å². The molecule has 1 nitrogen and oxygen atoms in total. The van der Waals surface area contributed by atoms with Crippen molar-refractivity contribution in [1.82, 2.24) is 0 Å². The van der Waals surface area contributed by atoms with E-state index in [0.29, 0.717) is 0 Å². The third kappa shape index (κ3) is 3.32. The highest BCUT2D eigenvalue weighted by atomic mass is 19.1. The predicted octanol–water partition coefficient (Wildman–Crippen LogP) is 4.98. The fourth-order valence-electron chi connectivity index (χ4n) is 2.39. The van der Waals surface area contributed by atoms with Crippen LogP contribution in [0.3, 0.4) is 0 Å². The number of Topliss-reactive ketones (excluding diaryl/α,β-unsaturated/α-hetero) is 1. The lowest BCUT2D eigenvalue weighted by molar-refractivity contribution is 0.0950. The normalized spacial score (nSPS) is 12.1. The molecule has 0 radical (unpaired) electrons. The third-order valence-electron chi connectivity index (χ3n) is 3.50. The number of carbonyl (C=O) groups excluding carboxylic acids is 1. The fourth-order valence-corrected chi connectivity index (χ4v) is 2.39. The molecule has 104 valence electrons. The Kier molecular flexibility index (Phi) is 5.05. The van der Waals surface area contributed by atoms with E-state index in [2.05, 4.69) is 6.92 Å². The zero-order chi connectivity index (χ0) is 14.4. The van der Waals surface area contributed by atoms with Crippen molar-refractivity contribution in [3.8, 4) is 0 Å². The van der Waals surface area contributed by atoms with Gasteiger partial charge in [0.25, 0.3) is 0 Å². The summed E-state index contributed by atoms with van der Waals surface area (Å²) < 4.78 is 13.8. The van der Waals surface area contributed by atoms with Gasteiger partial charge in [0.1, 0.15) is 5.82 Å². The van der Waals surface area contributed by atoms with Crippen LogP contribution in [0, 0.1) is 5.82 Å². The van der Waals surface area contributed by atoms with Crippen LogP contribution >= 0.6 is 0 Å². The quantitative estimate of drug-likeness (QED) is 0.676. The van der Waals surface area contributed by atoms with E-state index in [-0.39, 0.29) is 17.3 Å². The molecule has 0 heterocycles. The van der Waals surface area contributed by atoms with Crippen LogP contribution in [0.2, 0.25) is 0 Å². The molecule has 2 aromatic carbocycles. The maximum absolute atomic E-state index is 13.8. The summed E-state index contributed by atoms with van der Waals surface area (Å²) in [6.45, 7) is 2.09. The molecule has 0 aromatic heterocycles. The number of carbonyl (C=O) groups is 1. The average molecular weight is 270 g/mol. The lowest BCUT2D eigenvalue weighted by Gasteiger charge is -2.16. The summed E-state index contributed by atoms with van der Waals surface area (Å²) in [4.78, 5) is 12.6. The highest BCUT2D eigenvalue weighted by Gasteiger charge is 2.23. The van der Waals surface area contributed by atoms with Crippen molar-refractivity contribution >= 4 is 5.78 Å². The number of ketones is 1. The maximum atomic E-state index is 13.8. The average Bonchev–Trinajstić information content (AvgIpc) is 2.49. The molecule has 2 aromatic rings. The molecule has 0 amide bonds. The van der Waals surface area contributed by atoms with Crippen molar-refractivity contribution in [2.45, 2.75) is 32.1 Å². The van der Waals surface area contributed by atoms with Crippen LogP contribution in [0.4, 0.5) is 4.39 Å². The minimum atomic E-state index is -0.435. The first-order chi connectivity index (χ1) is 9.74. The number of unbranched alkanes of at least 4 members (excludes halogenated alkanes) is 1. The zero-order valence-electron chi connectivity index (χ0n) is 11.7. The van der Waals surface area contributed by atoms with Crippen LogP contribution in [-0.2, 0) is 0 Å². The molecule has 0 fully saturated rings. The van der Waals surface area contributed by atoms with Gasteiger partial charge in [0.05, 0.1) is 5.56 Å². The molecular formula is C18H19FO. The van der Waals surface area contributed by atoms with Gasteiger partial charge in [-0.2, -0.15) is 0 Å².